The second-order valence-corrected chi connectivity index (χ2v) is 3.36. The van der Waals surface area contributed by atoms with E-state index in [0.29, 0.717) is 13.2 Å². The monoisotopic (exact) mass is 196 g/mol. The van der Waals surface area contributed by atoms with Crippen molar-refractivity contribution < 1.29 is 9.13 Å². The first-order chi connectivity index (χ1) is 6.77. The smallest absolute Gasteiger partial charge is 0.146 e. The molecule has 0 bridgehead atoms. The average Bonchev–Trinajstić information content (AvgIpc) is 2.23. The summed E-state index contributed by atoms with van der Waals surface area (Å²) >= 11 is 0. The summed E-state index contributed by atoms with van der Waals surface area (Å²) in [6.07, 6.45) is 0. The fourth-order valence-electron chi connectivity index (χ4n) is 1.54. The number of hydrogen-bond donors (Lipinski definition) is 2. The molecule has 1 atom stereocenters. The van der Waals surface area contributed by atoms with Crippen LogP contribution in [0.3, 0.4) is 0 Å². The summed E-state index contributed by atoms with van der Waals surface area (Å²) in [4.78, 5) is 0. The zero-order valence-electron chi connectivity index (χ0n) is 7.79. The van der Waals surface area contributed by atoms with E-state index in [1.807, 2.05) is 6.07 Å². The molecule has 3 nitrogen and oxygen atoms in total. The van der Waals surface area contributed by atoms with Crippen molar-refractivity contribution in [2.24, 2.45) is 0 Å². The normalized spacial score (nSPS) is 22.2. The SMILES string of the molecule is Nc1ccc([C@H]2COCCN2)cc1F. The van der Waals surface area contributed by atoms with Crippen LogP contribution in [0.2, 0.25) is 0 Å². The lowest BCUT2D eigenvalue weighted by atomic mass is 10.1. The molecule has 0 unspecified atom stereocenters. The molecule has 3 N–H and O–H groups in total. The number of nitrogens with two attached hydrogens (primary N) is 1. The summed E-state index contributed by atoms with van der Waals surface area (Å²) in [7, 11) is 0. The highest BCUT2D eigenvalue weighted by atomic mass is 19.1. The van der Waals surface area contributed by atoms with E-state index < -0.39 is 0 Å². The van der Waals surface area contributed by atoms with Crippen molar-refractivity contribution in [1.29, 1.82) is 0 Å². The Kier molecular flexibility index (Phi) is 2.65. The number of ether oxygens (including phenoxy) is 1. The van der Waals surface area contributed by atoms with E-state index in [2.05, 4.69) is 5.32 Å². The maximum Gasteiger partial charge on any atom is 0.146 e. The summed E-state index contributed by atoms with van der Waals surface area (Å²) in [5, 5.41) is 3.25. The lowest BCUT2D eigenvalue weighted by Crippen LogP contribution is -2.34. The maximum atomic E-state index is 13.1. The van der Waals surface area contributed by atoms with Crippen LogP contribution in [0.15, 0.2) is 18.2 Å². The molecule has 0 aromatic heterocycles. The van der Waals surface area contributed by atoms with E-state index in [4.69, 9.17) is 10.5 Å². The Morgan fingerprint density at radius 2 is 2.36 bits per heavy atom. The van der Waals surface area contributed by atoms with E-state index >= 15 is 0 Å². The third-order valence-electron chi connectivity index (χ3n) is 2.35. The highest BCUT2D eigenvalue weighted by Gasteiger charge is 2.15. The molecule has 0 aliphatic carbocycles. The molecule has 0 saturated carbocycles. The van der Waals surface area contributed by atoms with Gasteiger partial charge < -0.3 is 15.8 Å². The number of hydrogen-bond acceptors (Lipinski definition) is 3. The number of halogens is 1. The molecule has 1 saturated heterocycles. The Morgan fingerprint density at radius 3 is 3.00 bits per heavy atom. The number of anilines is 1. The first kappa shape index (κ1) is 9.43. The topological polar surface area (TPSA) is 47.3 Å². The van der Waals surface area contributed by atoms with Gasteiger partial charge in [0.05, 0.1) is 24.9 Å². The van der Waals surface area contributed by atoms with Gasteiger partial charge >= 0.3 is 0 Å². The second kappa shape index (κ2) is 3.94. The quantitative estimate of drug-likeness (QED) is 0.660. The van der Waals surface area contributed by atoms with Gasteiger partial charge in [0.15, 0.2) is 0 Å². The Bertz CT molecular complexity index is 324. The van der Waals surface area contributed by atoms with Gasteiger partial charge in [-0.2, -0.15) is 0 Å². The van der Waals surface area contributed by atoms with Gasteiger partial charge in [0, 0.05) is 6.54 Å². The summed E-state index contributed by atoms with van der Waals surface area (Å²) in [6.45, 7) is 2.11. The molecule has 1 aromatic carbocycles. The number of rotatable bonds is 1. The van der Waals surface area contributed by atoms with Crippen molar-refractivity contribution in [2.45, 2.75) is 6.04 Å². The fraction of sp³-hybridized carbons (Fsp3) is 0.400. The van der Waals surface area contributed by atoms with E-state index in [1.54, 1.807) is 6.07 Å². The van der Waals surface area contributed by atoms with Crippen LogP contribution >= 0.6 is 0 Å². The lowest BCUT2D eigenvalue weighted by Gasteiger charge is -2.24. The van der Waals surface area contributed by atoms with Crippen LogP contribution < -0.4 is 11.1 Å². The minimum Gasteiger partial charge on any atom is -0.396 e. The van der Waals surface area contributed by atoms with Gasteiger partial charge in [0.1, 0.15) is 5.82 Å². The standard InChI is InChI=1S/C10H13FN2O/c11-8-5-7(1-2-9(8)12)10-6-14-4-3-13-10/h1-2,5,10,13H,3-4,6,12H2/t10-/m1/s1. The van der Waals surface area contributed by atoms with E-state index in [1.165, 1.54) is 6.07 Å². The number of morpholine rings is 1. The van der Waals surface area contributed by atoms with Crippen molar-refractivity contribution >= 4 is 5.69 Å². The summed E-state index contributed by atoms with van der Waals surface area (Å²) < 4.78 is 18.4. The Balaban J connectivity index is 2.18. The molecular formula is C10H13FN2O. The maximum absolute atomic E-state index is 13.1. The van der Waals surface area contributed by atoms with Crippen LogP contribution in [-0.2, 0) is 4.74 Å². The molecule has 1 heterocycles. The van der Waals surface area contributed by atoms with Crippen LogP contribution in [0.4, 0.5) is 10.1 Å². The third kappa shape index (κ3) is 1.86. The fourth-order valence-corrected chi connectivity index (χ4v) is 1.54. The number of nitrogens with one attached hydrogen (secondary N) is 1. The molecule has 1 fully saturated rings. The summed E-state index contributed by atoms with van der Waals surface area (Å²) in [6, 6.07) is 4.95. The molecule has 0 amide bonds. The Hall–Kier alpha value is -1.13. The van der Waals surface area contributed by atoms with Gasteiger partial charge in [-0.25, -0.2) is 4.39 Å². The third-order valence-corrected chi connectivity index (χ3v) is 2.35. The zero-order valence-corrected chi connectivity index (χ0v) is 7.79. The van der Waals surface area contributed by atoms with E-state index in [-0.39, 0.29) is 17.5 Å². The highest BCUT2D eigenvalue weighted by Crippen LogP contribution is 2.19. The Morgan fingerprint density at radius 1 is 1.50 bits per heavy atom. The summed E-state index contributed by atoms with van der Waals surface area (Å²) in [5.74, 6) is -0.366. The van der Waals surface area contributed by atoms with Crippen molar-refractivity contribution in [3.63, 3.8) is 0 Å². The van der Waals surface area contributed by atoms with Gasteiger partial charge in [-0.05, 0) is 17.7 Å². The predicted molar refractivity (Wildman–Crippen MR) is 52.4 cm³/mol. The van der Waals surface area contributed by atoms with Gasteiger partial charge in [-0.1, -0.05) is 6.07 Å². The largest absolute Gasteiger partial charge is 0.396 e. The average molecular weight is 196 g/mol. The predicted octanol–water partition coefficient (Wildman–Crippen LogP) is 1.07. The number of benzene rings is 1. The number of nitrogen functional groups attached to an aromatic ring is 1. The van der Waals surface area contributed by atoms with Crippen LogP contribution in [0, 0.1) is 5.82 Å². The van der Waals surface area contributed by atoms with Crippen LogP contribution in [-0.4, -0.2) is 19.8 Å². The van der Waals surface area contributed by atoms with Crippen LogP contribution in [0.5, 0.6) is 0 Å². The molecule has 14 heavy (non-hydrogen) atoms. The van der Waals surface area contributed by atoms with E-state index in [0.717, 1.165) is 12.1 Å². The van der Waals surface area contributed by atoms with Crippen molar-refractivity contribution in [3.8, 4) is 0 Å². The van der Waals surface area contributed by atoms with Crippen molar-refractivity contribution in [1.82, 2.24) is 5.32 Å². The van der Waals surface area contributed by atoms with Crippen molar-refractivity contribution in [2.75, 3.05) is 25.5 Å². The molecule has 0 radical (unpaired) electrons. The second-order valence-electron chi connectivity index (χ2n) is 3.36. The minimum atomic E-state index is -0.366. The van der Waals surface area contributed by atoms with E-state index in [9.17, 15) is 4.39 Å². The van der Waals surface area contributed by atoms with Crippen LogP contribution in [0.25, 0.3) is 0 Å². The first-order valence-corrected chi connectivity index (χ1v) is 4.63. The van der Waals surface area contributed by atoms with Gasteiger partial charge in [-0.15, -0.1) is 0 Å². The molecule has 0 spiro atoms. The molecule has 2 rings (SSSR count). The lowest BCUT2D eigenvalue weighted by molar-refractivity contribution is 0.0768. The molecule has 1 aliphatic heterocycles. The molecule has 4 heteroatoms. The van der Waals surface area contributed by atoms with Gasteiger partial charge in [-0.3, -0.25) is 0 Å². The Labute approximate surface area is 82.1 Å². The molecule has 76 valence electrons. The first-order valence-electron chi connectivity index (χ1n) is 4.63. The molecule has 1 aromatic rings. The zero-order chi connectivity index (χ0) is 9.97. The van der Waals surface area contributed by atoms with Gasteiger partial charge in [0.2, 0.25) is 0 Å². The van der Waals surface area contributed by atoms with Gasteiger partial charge in [0.25, 0.3) is 0 Å². The summed E-state index contributed by atoms with van der Waals surface area (Å²) in [5.41, 5.74) is 6.46. The van der Waals surface area contributed by atoms with Crippen LogP contribution in [0.1, 0.15) is 11.6 Å². The highest BCUT2D eigenvalue weighted by molar-refractivity contribution is 5.42. The molecular weight excluding hydrogens is 183 g/mol. The molecule has 1 aliphatic rings. The van der Waals surface area contributed by atoms with Crippen molar-refractivity contribution in [3.05, 3.63) is 29.6 Å². The minimum absolute atomic E-state index is 0.0823.